The summed E-state index contributed by atoms with van der Waals surface area (Å²) in [6.45, 7) is 2.85. The highest BCUT2D eigenvalue weighted by molar-refractivity contribution is 9.10. The van der Waals surface area contributed by atoms with Gasteiger partial charge in [0, 0.05) is 17.1 Å². The van der Waals surface area contributed by atoms with E-state index in [2.05, 4.69) is 40.3 Å². The van der Waals surface area contributed by atoms with Crippen LogP contribution >= 0.6 is 15.9 Å². The molecule has 1 atom stereocenters. The second-order valence-electron chi connectivity index (χ2n) is 4.81. The van der Waals surface area contributed by atoms with Crippen LogP contribution in [-0.2, 0) is 11.3 Å². The standard InChI is InChI=1S/C17H18BrNO2/c1-12(13-6-4-3-5-7-13)19-11-15-9-8-14(10-16(15)18)17(20)21-2/h3-10,12,19H,11H2,1-2H3/t12-/m1/s1. The number of benzene rings is 2. The van der Waals surface area contributed by atoms with E-state index in [1.807, 2.05) is 24.3 Å². The van der Waals surface area contributed by atoms with Crippen molar-refractivity contribution in [1.29, 1.82) is 0 Å². The molecular formula is C17H18BrNO2. The molecular weight excluding hydrogens is 330 g/mol. The summed E-state index contributed by atoms with van der Waals surface area (Å²) in [6, 6.07) is 16.1. The van der Waals surface area contributed by atoms with E-state index >= 15 is 0 Å². The van der Waals surface area contributed by atoms with Gasteiger partial charge in [0.1, 0.15) is 0 Å². The van der Waals surface area contributed by atoms with Gasteiger partial charge < -0.3 is 10.1 Å². The molecule has 0 fully saturated rings. The molecule has 0 unspecified atom stereocenters. The molecule has 0 radical (unpaired) electrons. The molecule has 3 nitrogen and oxygen atoms in total. The third-order valence-electron chi connectivity index (χ3n) is 3.37. The molecule has 110 valence electrons. The molecule has 2 rings (SSSR count). The number of carbonyl (C=O) groups is 1. The zero-order valence-corrected chi connectivity index (χ0v) is 13.7. The van der Waals surface area contributed by atoms with Crippen LogP contribution in [0.15, 0.2) is 53.0 Å². The lowest BCUT2D eigenvalue weighted by atomic mass is 10.1. The van der Waals surface area contributed by atoms with E-state index in [1.54, 1.807) is 12.1 Å². The van der Waals surface area contributed by atoms with Crippen LogP contribution in [0.3, 0.4) is 0 Å². The van der Waals surface area contributed by atoms with Crippen LogP contribution in [0.25, 0.3) is 0 Å². The highest BCUT2D eigenvalue weighted by Gasteiger charge is 2.10. The van der Waals surface area contributed by atoms with E-state index in [9.17, 15) is 4.79 Å². The molecule has 0 aliphatic rings. The van der Waals surface area contributed by atoms with Gasteiger partial charge in [-0.2, -0.15) is 0 Å². The third-order valence-corrected chi connectivity index (χ3v) is 4.11. The molecule has 0 saturated heterocycles. The van der Waals surface area contributed by atoms with Gasteiger partial charge in [-0.15, -0.1) is 0 Å². The summed E-state index contributed by atoms with van der Waals surface area (Å²) in [5, 5.41) is 3.47. The van der Waals surface area contributed by atoms with Crippen LogP contribution in [0.2, 0.25) is 0 Å². The lowest BCUT2D eigenvalue weighted by molar-refractivity contribution is 0.0600. The first-order valence-corrected chi connectivity index (χ1v) is 7.56. The van der Waals surface area contributed by atoms with Crippen LogP contribution in [0.5, 0.6) is 0 Å². The molecule has 21 heavy (non-hydrogen) atoms. The van der Waals surface area contributed by atoms with E-state index in [1.165, 1.54) is 12.7 Å². The largest absolute Gasteiger partial charge is 0.465 e. The molecule has 2 aromatic rings. The van der Waals surface area contributed by atoms with Crippen molar-refractivity contribution in [2.75, 3.05) is 7.11 Å². The smallest absolute Gasteiger partial charge is 0.337 e. The van der Waals surface area contributed by atoms with E-state index in [4.69, 9.17) is 4.74 Å². The van der Waals surface area contributed by atoms with Crippen molar-refractivity contribution in [2.45, 2.75) is 19.5 Å². The fourth-order valence-electron chi connectivity index (χ4n) is 2.06. The Kier molecular flexibility index (Phi) is 5.53. The first-order valence-electron chi connectivity index (χ1n) is 6.77. The molecule has 1 N–H and O–H groups in total. The second kappa shape index (κ2) is 7.38. The van der Waals surface area contributed by atoms with E-state index in [0.717, 1.165) is 16.6 Å². The Hall–Kier alpha value is -1.65. The quantitative estimate of drug-likeness (QED) is 0.828. The fourth-order valence-corrected chi connectivity index (χ4v) is 2.58. The number of carbonyl (C=O) groups excluding carboxylic acids is 1. The van der Waals surface area contributed by atoms with Gasteiger partial charge in [0.15, 0.2) is 0 Å². The fraction of sp³-hybridized carbons (Fsp3) is 0.235. The predicted molar refractivity (Wildman–Crippen MR) is 87.2 cm³/mol. The maximum Gasteiger partial charge on any atom is 0.337 e. The minimum absolute atomic E-state index is 0.262. The maximum absolute atomic E-state index is 11.5. The molecule has 0 amide bonds. The highest BCUT2D eigenvalue weighted by atomic mass is 79.9. The number of halogens is 1. The van der Waals surface area contributed by atoms with Crippen LogP contribution in [0, 0.1) is 0 Å². The molecule has 0 saturated carbocycles. The van der Waals surface area contributed by atoms with Crippen LogP contribution in [0.4, 0.5) is 0 Å². The SMILES string of the molecule is COC(=O)c1ccc(CN[C@H](C)c2ccccc2)c(Br)c1. The monoisotopic (exact) mass is 347 g/mol. The number of hydrogen-bond acceptors (Lipinski definition) is 3. The second-order valence-corrected chi connectivity index (χ2v) is 5.67. The molecule has 0 heterocycles. The normalized spacial score (nSPS) is 12.0. The molecule has 0 bridgehead atoms. The van der Waals surface area contributed by atoms with Gasteiger partial charge in [0.2, 0.25) is 0 Å². The average Bonchev–Trinajstić information content (AvgIpc) is 2.53. The Balaban J connectivity index is 2.02. The van der Waals surface area contributed by atoms with Crippen molar-refractivity contribution >= 4 is 21.9 Å². The maximum atomic E-state index is 11.5. The van der Waals surface area contributed by atoms with Gasteiger partial charge in [-0.05, 0) is 30.2 Å². The van der Waals surface area contributed by atoms with Crippen molar-refractivity contribution in [1.82, 2.24) is 5.32 Å². The van der Waals surface area contributed by atoms with Gasteiger partial charge >= 0.3 is 5.97 Å². The van der Waals surface area contributed by atoms with Crippen LogP contribution in [-0.4, -0.2) is 13.1 Å². The van der Waals surface area contributed by atoms with Crippen molar-refractivity contribution in [2.24, 2.45) is 0 Å². The van der Waals surface area contributed by atoms with Crippen molar-refractivity contribution < 1.29 is 9.53 Å². The Labute approximate surface area is 133 Å². The Morgan fingerprint density at radius 1 is 1.24 bits per heavy atom. The Morgan fingerprint density at radius 2 is 1.95 bits per heavy atom. The summed E-state index contributed by atoms with van der Waals surface area (Å²) in [5.74, 6) is -0.326. The third kappa shape index (κ3) is 4.16. The highest BCUT2D eigenvalue weighted by Crippen LogP contribution is 2.20. The van der Waals surface area contributed by atoms with Crippen LogP contribution in [0.1, 0.15) is 34.5 Å². The van der Waals surface area contributed by atoms with Gasteiger partial charge in [-0.1, -0.05) is 52.3 Å². The molecule has 0 spiro atoms. The number of ether oxygens (including phenoxy) is 1. The average molecular weight is 348 g/mol. The topological polar surface area (TPSA) is 38.3 Å². The van der Waals surface area contributed by atoms with Gasteiger partial charge in [-0.25, -0.2) is 4.79 Å². The molecule has 0 aliphatic heterocycles. The summed E-state index contributed by atoms with van der Waals surface area (Å²) >= 11 is 3.50. The Morgan fingerprint density at radius 3 is 2.57 bits per heavy atom. The first-order chi connectivity index (χ1) is 10.1. The summed E-state index contributed by atoms with van der Waals surface area (Å²) in [4.78, 5) is 11.5. The zero-order valence-electron chi connectivity index (χ0n) is 12.1. The van der Waals surface area contributed by atoms with E-state index in [0.29, 0.717) is 5.56 Å². The number of methoxy groups -OCH3 is 1. The first kappa shape index (κ1) is 15.7. The van der Waals surface area contributed by atoms with E-state index < -0.39 is 0 Å². The minimum Gasteiger partial charge on any atom is -0.465 e. The number of nitrogens with one attached hydrogen (secondary N) is 1. The molecule has 2 aromatic carbocycles. The summed E-state index contributed by atoms with van der Waals surface area (Å²) in [7, 11) is 1.38. The molecule has 4 heteroatoms. The number of esters is 1. The molecule has 0 aliphatic carbocycles. The molecule has 0 aromatic heterocycles. The van der Waals surface area contributed by atoms with Crippen molar-refractivity contribution in [3.8, 4) is 0 Å². The summed E-state index contributed by atoms with van der Waals surface area (Å²) in [6.07, 6.45) is 0. The number of hydrogen-bond donors (Lipinski definition) is 1. The zero-order chi connectivity index (χ0) is 15.2. The minimum atomic E-state index is -0.326. The van der Waals surface area contributed by atoms with Gasteiger partial charge in [-0.3, -0.25) is 0 Å². The van der Waals surface area contributed by atoms with E-state index in [-0.39, 0.29) is 12.0 Å². The lowest BCUT2D eigenvalue weighted by Crippen LogP contribution is -2.18. The lowest BCUT2D eigenvalue weighted by Gasteiger charge is -2.15. The van der Waals surface area contributed by atoms with Crippen molar-refractivity contribution in [3.63, 3.8) is 0 Å². The summed E-state index contributed by atoms with van der Waals surface area (Å²) < 4.78 is 5.61. The van der Waals surface area contributed by atoms with Gasteiger partial charge in [0.25, 0.3) is 0 Å². The van der Waals surface area contributed by atoms with Crippen molar-refractivity contribution in [3.05, 3.63) is 69.7 Å². The summed E-state index contributed by atoms with van der Waals surface area (Å²) in [5.41, 5.74) is 2.90. The predicted octanol–water partition coefficient (Wildman–Crippen LogP) is 4.09. The van der Waals surface area contributed by atoms with Gasteiger partial charge in [0.05, 0.1) is 12.7 Å². The van der Waals surface area contributed by atoms with Crippen LogP contribution < -0.4 is 5.32 Å². The number of rotatable bonds is 5. The Bertz CT molecular complexity index is 613.